The first-order chi connectivity index (χ1) is 13.7. The topological polar surface area (TPSA) is 98.8 Å². The van der Waals surface area contributed by atoms with Crippen molar-refractivity contribution in [1.29, 1.82) is 0 Å². The molecular formula is C14H28Cl4O9P2. The molecule has 0 radical (unpaired) electrons. The first-order valence-electron chi connectivity index (χ1n) is 8.70. The minimum absolute atomic E-state index is 0.0128. The van der Waals surface area contributed by atoms with Crippen LogP contribution in [0.3, 0.4) is 0 Å². The van der Waals surface area contributed by atoms with Crippen LogP contribution in [0.5, 0.6) is 0 Å². The Kier molecular flexibility index (Phi) is 18.7. The number of halogens is 4. The Morgan fingerprint density at radius 1 is 0.621 bits per heavy atom. The molecule has 0 aromatic rings. The number of phosphoric ester groups is 2. The van der Waals surface area contributed by atoms with Gasteiger partial charge < -0.3 is 4.74 Å². The van der Waals surface area contributed by atoms with E-state index in [2.05, 4.69) is 0 Å². The van der Waals surface area contributed by atoms with Gasteiger partial charge in [0, 0.05) is 23.5 Å². The van der Waals surface area contributed by atoms with E-state index in [9.17, 15) is 9.13 Å². The van der Waals surface area contributed by atoms with Crippen LogP contribution in [0, 0.1) is 0 Å². The van der Waals surface area contributed by atoms with Crippen LogP contribution >= 0.6 is 62.0 Å². The molecule has 0 aliphatic heterocycles. The Morgan fingerprint density at radius 2 is 1.03 bits per heavy atom. The van der Waals surface area contributed by atoms with Gasteiger partial charge in [0.05, 0.1) is 51.8 Å². The summed E-state index contributed by atoms with van der Waals surface area (Å²) < 4.78 is 61.2. The maximum absolute atomic E-state index is 12.5. The highest BCUT2D eigenvalue weighted by molar-refractivity contribution is 7.48. The fourth-order valence-electron chi connectivity index (χ4n) is 1.59. The van der Waals surface area contributed by atoms with E-state index in [-0.39, 0.29) is 63.2 Å². The van der Waals surface area contributed by atoms with Crippen molar-refractivity contribution in [2.75, 3.05) is 63.2 Å². The molecule has 176 valence electrons. The third kappa shape index (κ3) is 15.7. The number of hydrogen-bond donors (Lipinski definition) is 0. The van der Waals surface area contributed by atoms with Crippen LogP contribution in [0.25, 0.3) is 0 Å². The maximum Gasteiger partial charge on any atom is 0.475 e. The monoisotopic (exact) mass is 542 g/mol. The summed E-state index contributed by atoms with van der Waals surface area (Å²) in [7, 11) is -7.63. The van der Waals surface area contributed by atoms with E-state index in [1.54, 1.807) is 13.8 Å². The summed E-state index contributed by atoms with van der Waals surface area (Å²) in [6.07, 6.45) is -1.17. The summed E-state index contributed by atoms with van der Waals surface area (Å²) in [4.78, 5) is 0. The lowest BCUT2D eigenvalue weighted by molar-refractivity contribution is -0.0246. The van der Waals surface area contributed by atoms with Gasteiger partial charge >= 0.3 is 15.6 Å². The van der Waals surface area contributed by atoms with Gasteiger partial charge in [0.1, 0.15) is 0 Å². The molecule has 9 nitrogen and oxygen atoms in total. The van der Waals surface area contributed by atoms with Crippen LogP contribution in [0.1, 0.15) is 13.8 Å². The van der Waals surface area contributed by atoms with Crippen molar-refractivity contribution < 1.29 is 41.0 Å². The fraction of sp³-hybridized carbons (Fsp3) is 1.00. The van der Waals surface area contributed by atoms with Gasteiger partial charge in [-0.05, 0) is 13.8 Å². The summed E-state index contributed by atoms with van der Waals surface area (Å²) in [5.74, 6) is 0.481. The van der Waals surface area contributed by atoms with E-state index in [0.717, 1.165) is 0 Å². The van der Waals surface area contributed by atoms with Gasteiger partial charge in [-0.3, -0.25) is 27.1 Å². The number of alkyl halides is 4. The van der Waals surface area contributed by atoms with E-state index in [4.69, 9.17) is 78.3 Å². The van der Waals surface area contributed by atoms with Crippen molar-refractivity contribution in [3.63, 3.8) is 0 Å². The first-order valence-corrected chi connectivity index (χ1v) is 13.8. The predicted octanol–water partition coefficient (Wildman–Crippen LogP) is 5.05. The molecule has 2 atom stereocenters. The largest absolute Gasteiger partial charge is 0.475 e. The van der Waals surface area contributed by atoms with Gasteiger partial charge in [-0.15, -0.1) is 46.4 Å². The van der Waals surface area contributed by atoms with E-state index >= 15 is 0 Å². The summed E-state index contributed by atoms with van der Waals surface area (Å²) in [5.41, 5.74) is 0. The average Bonchev–Trinajstić information content (AvgIpc) is 2.70. The van der Waals surface area contributed by atoms with E-state index in [0.29, 0.717) is 0 Å². The molecule has 0 aromatic heterocycles. The van der Waals surface area contributed by atoms with Gasteiger partial charge in [-0.1, -0.05) is 0 Å². The minimum atomic E-state index is -3.83. The average molecular weight is 544 g/mol. The van der Waals surface area contributed by atoms with E-state index < -0.39 is 27.9 Å². The Bertz CT molecular complexity index is 480. The fourth-order valence-corrected chi connectivity index (χ4v) is 4.90. The quantitative estimate of drug-likeness (QED) is 0.154. The van der Waals surface area contributed by atoms with Gasteiger partial charge in [0.15, 0.2) is 0 Å². The predicted molar refractivity (Wildman–Crippen MR) is 114 cm³/mol. The molecule has 0 fully saturated rings. The van der Waals surface area contributed by atoms with Crippen molar-refractivity contribution >= 4 is 62.0 Å². The molecular weight excluding hydrogens is 516 g/mol. The Morgan fingerprint density at radius 3 is 1.45 bits per heavy atom. The van der Waals surface area contributed by atoms with Gasteiger partial charge in [-0.25, -0.2) is 9.13 Å². The van der Waals surface area contributed by atoms with Crippen LogP contribution < -0.4 is 0 Å². The van der Waals surface area contributed by atoms with Crippen molar-refractivity contribution in [1.82, 2.24) is 0 Å². The molecule has 0 N–H and O–H groups in total. The molecule has 2 unspecified atom stereocenters. The summed E-state index contributed by atoms with van der Waals surface area (Å²) in [6.45, 7) is 3.16. The lowest BCUT2D eigenvalue weighted by Crippen LogP contribution is -2.23. The molecule has 0 saturated carbocycles. The molecule has 0 rings (SSSR count). The molecule has 0 bridgehead atoms. The summed E-state index contributed by atoms with van der Waals surface area (Å²) in [6, 6.07) is 0. The molecule has 0 spiro atoms. The van der Waals surface area contributed by atoms with Crippen LogP contribution in [0.15, 0.2) is 0 Å². The van der Waals surface area contributed by atoms with Crippen LogP contribution in [-0.4, -0.2) is 75.4 Å². The second-order valence-electron chi connectivity index (χ2n) is 5.34. The molecule has 0 saturated heterocycles. The first kappa shape index (κ1) is 30.3. The summed E-state index contributed by atoms with van der Waals surface area (Å²) >= 11 is 22.1. The van der Waals surface area contributed by atoms with Gasteiger partial charge in [0.25, 0.3) is 0 Å². The highest BCUT2D eigenvalue weighted by Gasteiger charge is 2.30. The number of phosphoric acid groups is 2. The lowest BCUT2D eigenvalue weighted by Gasteiger charge is -2.23. The Hall–Kier alpha value is 1.34. The van der Waals surface area contributed by atoms with Crippen molar-refractivity contribution in [3.8, 4) is 0 Å². The Labute approximate surface area is 192 Å². The Balaban J connectivity index is 4.48. The molecule has 29 heavy (non-hydrogen) atoms. The highest BCUT2D eigenvalue weighted by Crippen LogP contribution is 2.51. The second kappa shape index (κ2) is 17.8. The lowest BCUT2D eigenvalue weighted by atomic mass is 10.4. The van der Waals surface area contributed by atoms with Gasteiger partial charge in [-0.2, -0.15) is 0 Å². The zero-order valence-electron chi connectivity index (χ0n) is 16.3. The molecule has 0 heterocycles. The zero-order valence-corrected chi connectivity index (χ0v) is 21.1. The third-order valence-corrected chi connectivity index (χ3v) is 6.39. The molecule has 0 amide bonds. The zero-order chi connectivity index (χ0) is 22.2. The molecule has 15 heteroatoms. The molecule has 0 aliphatic carbocycles. The van der Waals surface area contributed by atoms with E-state index in [1.165, 1.54) is 0 Å². The number of rotatable bonds is 20. The van der Waals surface area contributed by atoms with Crippen molar-refractivity contribution in [2.24, 2.45) is 0 Å². The molecule has 0 aliphatic rings. The standard InChI is InChI=1S/C14H28Cl4O9P2/c1-13(12-26-28(19,22-7-3-15)23-8-4-16)21-11-14(2)27-29(20,24-9-5-17)25-10-6-18/h13-14H,3-12H2,1-2H3. The third-order valence-electron chi connectivity index (χ3n) is 2.70. The second-order valence-corrected chi connectivity index (χ2v) is 10.1. The summed E-state index contributed by atoms with van der Waals surface area (Å²) in [5, 5.41) is 0. The van der Waals surface area contributed by atoms with Crippen molar-refractivity contribution in [2.45, 2.75) is 26.1 Å². The number of ether oxygens (including phenoxy) is 1. The maximum atomic E-state index is 12.5. The minimum Gasteiger partial charge on any atom is -0.373 e. The SMILES string of the molecule is CC(COP(=O)(OCCCl)OCCCl)OCC(C)OP(=O)(OCCCl)OCCCl. The number of hydrogen-bond acceptors (Lipinski definition) is 9. The van der Waals surface area contributed by atoms with Crippen molar-refractivity contribution in [3.05, 3.63) is 0 Å². The van der Waals surface area contributed by atoms with Crippen LogP contribution in [0.4, 0.5) is 0 Å². The van der Waals surface area contributed by atoms with Crippen LogP contribution in [-0.2, 0) is 41.0 Å². The smallest absolute Gasteiger partial charge is 0.373 e. The van der Waals surface area contributed by atoms with Crippen LogP contribution in [0.2, 0.25) is 0 Å². The molecule has 0 aromatic carbocycles. The normalized spacial score (nSPS) is 14.8. The van der Waals surface area contributed by atoms with E-state index in [1.807, 2.05) is 0 Å². The highest BCUT2D eigenvalue weighted by atomic mass is 35.5. The van der Waals surface area contributed by atoms with Gasteiger partial charge in [0.2, 0.25) is 0 Å².